The molecule has 0 saturated heterocycles. The van der Waals surface area contributed by atoms with Gasteiger partial charge in [0.15, 0.2) is 0 Å². The molecule has 0 fully saturated rings. The Morgan fingerprint density at radius 2 is 1.45 bits per heavy atom. The van der Waals surface area contributed by atoms with Crippen molar-refractivity contribution in [3.05, 3.63) is 142 Å². The lowest BCUT2D eigenvalue weighted by molar-refractivity contribution is -0.141. The minimum atomic E-state index is -1.11. The number of anilines is 2. The first-order valence-electron chi connectivity index (χ1n) is 31.2. The topological polar surface area (TPSA) is 305 Å². The molecule has 5 aromatic rings. The highest BCUT2D eigenvalue weighted by molar-refractivity contribution is 6.02. The van der Waals surface area contributed by atoms with Gasteiger partial charge in [-0.25, -0.2) is 14.4 Å². The molecule has 494 valence electrons. The van der Waals surface area contributed by atoms with Crippen molar-refractivity contribution >= 4 is 87.5 Å². The number of ether oxygens (including phenoxy) is 1. The van der Waals surface area contributed by atoms with Crippen molar-refractivity contribution in [1.29, 1.82) is 0 Å². The van der Waals surface area contributed by atoms with E-state index < -0.39 is 82.8 Å². The molecular weight excluding hydrogens is 1170 g/mol. The minimum absolute atomic E-state index is 0.0958. The van der Waals surface area contributed by atoms with Gasteiger partial charge >= 0.3 is 18.1 Å². The number of benzene rings is 4. The lowest BCUT2D eigenvalue weighted by Crippen LogP contribution is -2.61. The Morgan fingerprint density at radius 1 is 0.783 bits per heavy atom. The summed E-state index contributed by atoms with van der Waals surface area (Å²) in [6.45, 7) is 20.8. The first-order valence-corrected chi connectivity index (χ1v) is 31.2. The zero-order chi connectivity index (χ0) is 67.9. The van der Waals surface area contributed by atoms with Crippen molar-refractivity contribution < 1.29 is 53.0 Å². The van der Waals surface area contributed by atoms with Crippen LogP contribution in [0.1, 0.15) is 135 Å². The number of aliphatic carboxylic acids is 1. The first-order chi connectivity index (χ1) is 43.3. The zero-order valence-electron chi connectivity index (χ0n) is 55.5. The number of amides is 9. The van der Waals surface area contributed by atoms with Gasteiger partial charge in [-0.15, -0.1) is 0 Å². The third kappa shape index (κ3) is 18.7. The number of likely N-dealkylation sites (N-methyl/N-ethyl adjacent to an activating group) is 2. The van der Waals surface area contributed by atoms with Gasteiger partial charge in [0.25, 0.3) is 0 Å². The van der Waals surface area contributed by atoms with E-state index >= 15 is 0 Å². The number of nitrogens with two attached hydrogens (primary N) is 1. The van der Waals surface area contributed by atoms with Gasteiger partial charge in [0, 0.05) is 79.4 Å². The van der Waals surface area contributed by atoms with Gasteiger partial charge in [-0.05, 0) is 109 Å². The molecule has 0 radical (unpaired) electrons. The number of carboxylic acid groups (broad SMARTS) is 1. The lowest BCUT2D eigenvalue weighted by Gasteiger charge is -2.39. The van der Waals surface area contributed by atoms with Crippen molar-refractivity contribution in [3.63, 3.8) is 0 Å². The number of aryl methyl sites for hydroxylation is 1. The molecule has 6 rings (SSSR count). The van der Waals surface area contributed by atoms with Crippen LogP contribution in [-0.2, 0) is 70.5 Å². The van der Waals surface area contributed by atoms with Crippen LogP contribution in [0, 0.1) is 17.3 Å². The molecular formula is C70H93N11O11. The van der Waals surface area contributed by atoms with Gasteiger partial charge in [0.2, 0.25) is 35.4 Å². The fourth-order valence-corrected chi connectivity index (χ4v) is 11.5. The van der Waals surface area contributed by atoms with Crippen LogP contribution >= 0.6 is 0 Å². The predicted octanol–water partition coefficient (Wildman–Crippen LogP) is 8.42. The first kappa shape index (κ1) is 71.8. The summed E-state index contributed by atoms with van der Waals surface area (Å²) in [5.74, 6) is -4.29. The Balaban J connectivity index is 1.03. The van der Waals surface area contributed by atoms with Gasteiger partial charge < -0.3 is 67.2 Å². The van der Waals surface area contributed by atoms with E-state index in [9.17, 15) is 48.3 Å². The third-order valence-corrected chi connectivity index (χ3v) is 16.8. The van der Waals surface area contributed by atoms with E-state index in [2.05, 4.69) is 43.3 Å². The number of allylic oxidation sites excluding steroid dienone is 1. The molecule has 92 heavy (non-hydrogen) atoms. The largest absolute Gasteiger partial charge is 0.478 e. The molecule has 4 aromatic carbocycles. The van der Waals surface area contributed by atoms with E-state index in [-0.39, 0.29) is 74.6 Å². The van der Waals surface area contributed by atoms with Gasteiger partial charge in [0.05, 0.1) is 24.3 Å². The number of carboxylic acids is 1. The number of fused-ring (bicyclic) bond motifs is 3. The summed E-state index contributed by atoms with van der Waals surface area (Å²) in [6.07, 6.45) is 5.00. The Labute approximate surface area is 539 Å². The number of nitrogens with zero attached hydrogens (tertiary/aromatic N) is 3. The number of carbonyl (C=O) groups excluding carboxylic acids is 8. The highest BCUT2D eigenvalue weighted by Gasteiger charge is 2.43. The minimum Gasteiger partial charge on any atom is -0.478 e. The smallest absolute Gasteiger partial charge is 0.407 e. The van der Waals surface area contributed by atoms with Crippen molar-refractivity contribution in [2.45, 2.75) is 157 Å². The Morgan fingerprint density at radius 3 is 2.09 bits per heavy atom. The number of hydrogen-bond acceptors (Lipinski definition) is 11. The summed E-state index contributed by atoms with van der Waals surface area (Å²) in [4.78, 5) is 124. The van der Waals surface area contributed by atoms with E-state index in [4.69, 9.17) is 10.5 Å². The number of aromatic nitrogens is 1. The molecule has 22 heteroatoms. The number of nitrogens with one attached hydrogen (secondary N) is 7. The van der Waals surface area contributed by atoms with E-state index in [0.29, 0.717) is 17.8 Å². The summed E-state index contributed by atoms with van der Waals surface area (Å²) in [5, 5.41) is 30.4. The van der Waals surface area contributed by atoms with Crippen LogP contribution < -0.4 is 47.9 Å². The van der Waals surface area contributed by atoms with Crippen molar-refractivity contribution in [2.75, 3.05) is 30.9 Å². The van der Waals surface area contributed by atoms with Crippen LogP contribution in [0.5, 0.6) is 0 Å². The maximum absolute atomic E-state index is 14.4. The number of hydrogen-bond donors (Lipinski definition) is 9. The lowest BCUT2D eigenvalue weighted by atomic mass is 9.76. The summed E-state index contributed by atoms with van der Waals surface area (Å²) in [7, 11) is 5.22. The third-order valence-electron chi connectivity index (χ3n) is 16.8. The number of rotatable bonds is 27. The second-order valence-electron chi connectivity index (χ2n) is 26.0. The summed E-state index contributed by atoms with van der Waals surface area (Å²) < 4.78 is 7.51. The molecule has 0 spiro atoms. The fourth-order valence-electron chi connectivity index (χ4n) is 11.5. The van der Waals surface area contributed by atoms with Gasteiger partial charge in [-0.2, -0.15) is 0 Å². The molecule has 0 aliphatic carbocycles. The Kier molecular flexibility index (Phi) is 24.7. The van der Waals surface area contributed by atoms with Crippen molar-refractivity contribution in [1.82, 2.24) is 41.4 Å². The standard InChI is InChI=1S/C70H93N11O11/c1-41(2)55(35-44(6)66(88)89)80(14)65(87)61(69(7,8)9)78-64(86)60(72-12)70(10,11)52-39-79(13)56-36-46(27-30-51(52)56)37-74-68(91)92-40-45-25-28-49(29-26-45)75-62(84)53(23-19-33-73-67(71)90)76-63(85)59(42(3)4)77-57(82)31-32-58(83)81-38-48-21-16-15-20-47(48)34-43(5)50-22-17-18-24-54(50)81/h15-18,20-22,24-30,34-36,39,41-42,53,55,59-61,72H,19,23,31-33,37-38,40H2,1-14H3,(H,74,91)(H,75,84)(H,76,85)(H,77,82)(H,78,86)(H,88,89)(H3,71,73,90)/b43-34-,44-35+/t53-,55+,59-,60?,61+/m0/s1. The van der Waals surface area contributed by atoms with E-state index in [1.807, 2.05) is 140 Å². The number of alkyl carbamates (subject to hydrolysis) is 1. The number of primary amides is 1. The van der Waals surface area contributed by atoms with Crippen molar-refractivity contribution in [3.8, 4) is 0 Å². The highest BCUT2D eigenvalue weighted by atomic mass is 16.5. The summed E-state index contributed by atoms with van der Waals surface area (Å²) >= 11 is 0. The van der Waals surface area contributed by atoms with Gasteiger partial charge in [-0.1, -0.05) is 141 Å². The second-order valence-corrected chi connectivity index (χ2v) is 26.0. The molecule has 0 bridgehead atoms. The molecule has 1 aliphatic rings. The average molecular weight is 1260 g/mol. The maximum atomic E-state index is 14.4. The molecule has 1 unspecified atom stereocenters. The van der Waals surface area contributed by atoms with Gasteiger partial charge in [0.1, 0.15) is 24.7 Å². The molecule has 1 aromatic heterocycles. The van der Waals surface area contributed by atoms with Crippen LogP contribution in [0.2, 0.25) is 0 Å². The predicted molar refractivity (Wildman–Crippen MR) is 357 cm³/mol. The molecule has 22 nitrogen and oxygen atoms in total. The molecule has 1 aliphatic heterocycles. The normalized spacial score (nSPS) is 14.8. The van der Waals surface area contributed by atoms with Crippen LogP contribution in [0.4, 0.5) is 21.0 Å². The van der Waals surface area contributed by atoms with Crippen LogP contribution in [0.25, 0.3) is 22.6 Å². The maximum Gasteiger partial charge on any atom is 0.407 e. The molecule has 5 atom stereocenters. The van der Waals surface area contributed by atoms with E-state index in [1.54, 1.807) is 63.2 Å². The second kappa shape index (κ2) is 31.6. The number of para-hydroxylation sites is 1. The van der Waals surface area contributed by atoms with Crippen LogP contribution in [0.15, 0.2) is 109 Å². The Bertz CT molecular complexity index is 3580. The van der Waals surface area contributed by atoms with Crippen LogP contribution in [0.3, 0.4) is 0 Å². The van der Waals surface area contributed by atoms with Crippen LogP contribution in [-0.4, -0.2) is 119 Å². The molecule has 0 saturated carbocycles. The van der Waals surface area contributed by atoms with Crippen molar-refractivity contribution in [2.24, 2.45) is 30.0 Å². The highest BCUT2D eigenvalue weighted by Crippen LogP contribution is 2.37. The van der Waals surface area contributed by atoms with E-state index in [0.717, 1.165) is 50.0 Å². The van der Waals surface area contributed by atoms with Gasteiger partial charge in [-0.3, -0.25) is 28.8 Å². The fraction of sp³-hybridized carbons (Fsp3) is 0.443. The molecule has 2 heterocycles. The monoisotopic (exact) mass is 1260 g/mol. The SMILES string of the molecule is CNC(C(=O)N[C@H](C(=O)N(C)[C@H](/C=C(\C)C(=O)O)C(C)C)C(C)(C)C)C(C)(C)c1cn(C)c2cc(CNC(=O)OCc3ccc(NC(=O)[C@H](CCCNC(N)=O)NC(=O)[C@@H](NC(=O)CCC(=O)N4Cc5ccccc5/C=C(/C)c5ccccc54)C(C)C)cc3)ccc12. The summed E-state index contributed by atoms with van der Waals surface area (Å²) in [6, 6.07) is 22.7. The number of carbonyl (C=O) groups is 9. The summed E-state index contributed by atoms with van der Waals surface area (Å²) in [5.41, 5.74) is 11.9. The zero-order valence-corrected chi connectivity index (χ0v) is 55.5. The van der Waals surface area contributed by atoms with E-state index in [1.165, 1.54) is 11.8 Å². The molecule has 10 N–H and O–H groups in total. The number of urea groups is 1. The quantitative estimate of drug-likeness (QED) is 0.0177. The average Bonchev–Trinajstić information content (AvgIpc) is 1.53. The Hall–Kier alpha value is -9.31. The molecule has 9 amide bonds.